The Balaban J connectivity index is 0.00000186. The largest absolute Gasteiger partial charge is 0.345 e. The average molecular weight is 547 g/mol. The monoisotopic (exact) mass is 546 g/mol. The minimum Gasteiger partial charge on any atom is -0.345 e. The highest BCUT2D eigenvalue weighted by Crippen LogP contribution is 2.40. The summed E-state index contributed by atoms with van der Waals surface area (Å²) in [5, 5.41) is 8.88. The standard InChI is InChI=1S/C23H28N6O4S2.C2H6/c1-14(2)27(13-30)22-19(20(31)26(4)5)18(21(32)28-8-6-9-33-28)17(35-22)11-16-12-25-29(15(16)3)23-24-7-10-34-23;1-2/h7,10,12-14H,6,8-9,11H2,1-5H3;1-2H3. The van der Waals surface area contributed by atoms with E-state index in [4.69, 9.17) is 4.84 Å². The number of hydroxylamine groups is 2. The highest BCUT2D eigenvalue weighted by molar-refractivity contribution is 7.17. The molecule has 37 heavy (non-hydrogen) atoms. The number of hydrogen-bond acceptors (Lipinski definition) is 8. The van der Waals surface area contributed by atoms with E-state index in [1.807, 2.05) is 40.0 Å². The molecule has 10 nitrogen and oxygen atoms in total. The number of thiazole rings is 1. The van der Waals surface area contributed by atoms with Crippen LogP contribution in [0.15, 0.2) is 17.8 Å². The number of anilines is 1. The van der Waals surface area contributed by atoms with Crippen molar-refractivity contribution in [3.63, 3.8) is 0 Å². The zero-order valence-corrected chi connectivity index (χ0v) is 24.0. The first-order valence-electron chi connectivity index (χ1n) is 12.2. The molecular weight excluding hydrogens is 512 g/mol. The summed E-state index contributed by atoms with van der Waals surface area (Å²) in [6.07, 6.45) is 5.28. The molecule has 1 aliphatic heterocycles. The van der Waals surface area contributed by atoms with Gasteiger partial charge in [-0.3, -0.25) is 19.2 Å². The molecule has 0 N–H and O–H groups in total. The summed E-state index contributed by atoms with van der Waals surface area (Å²) >= 11 is 2.76. The van der Waals surface area contributed by atoms with E-state index in [-0.39, 0.29) is 29.0 Å². The number of nitrogens with zero attached hydrogens (tertiary/aromatic N) is 6. The lowest BCUT2D eigenvalue weighted by molar-refractivity contribution is -0.107. The van der Waals surface area contributed by atoms with Crippen molar-refractivity contribution < 1.29 is 19.2 Å². The molecule has 0 saturated carbocycles. The Bertz CT molecular complexity index is 1230. The summed E-state index contributed by atoms with van der Waals surface area (Å²) in [6, 6.07) is -0.201. The molecule has 0 aliphatic carbocycles. The van der Waals surface area contributed by atoms with Crippen LogP contribution in [0.1, 0.15) is 71.0 Å². The smallest absolute Gasteiger partial charge is 0.279 e. The molecule has 0 aromatic carbocycles. The average Bonchev–Trinajstić information content (AvgIpc) is 3.68. The summed E-state index contributed by atoms with van der Waals surface area (Å²) in [6.45, 7) is 10.6. The van der Waals surface area contributed by atoms with Crippen molar-refractivity contribution in [2.75, 3.05) is 32.1 Å². The topological polar surface area (TPSA) is 101 Å². The number of hydrogen-bond donors (Lipinski definition) is 0. The minimum atomic E-state index is -0.371. The lowest BCUT2D eigenvalue weighted by atomic mass is 10.0. The molecule has 4 rings (SSSR count). The molecule has 0 atom stereocenters. The van der Waals surface area contributed by atoms with Crippen molar-refractivity contribution in [1.29, 1.82) is 0 Å². The van der Waals surface area contributed by atoms with Crippen LogP contribution >= 0.6 is 22.7 Å². The first-order chi connectivity index (χ1) is 17.7. The van der Waals surface area contributed by atoms with E-state index in [0.717, 1.165) is 22.8 Å². The quantitative estimate of drug-likeness (QED) is 0.393. The summed E-state index contributed by atoms with van der Waals surface area (Å²) < 4.78 is 1.76. The number of carbonyl (C=O) groups excluding carboxylic acids is 3. The molecule has 12 heteroatoms. The first-order valence-corrected chi connectivity index (χ1v) is 13.9. The fraction of sp³-hybridized carbons (Fsp3) is 0.480. The van der Waals surface area contributed by atoms with Gasteiger partial charge in [0.15, 0.2) is 0 Å². The Morgan fingerprint density at radius 3 is 2.51 bits per heavy atom. The maximum absolute atomic E-state index is 13.7. The van der Waals surface area contributed by atoms with Crippen LogP contribution < -0.4 is 4.90 Å². The highest BCUT2D eigenvalue weighted by Gasteiger charge is 2.35. The van der Waals surface area contributed by atoms with E-state index >= 15 is 0 Å². The van der Waals surface area contributed by atoms with Crippen molar-refractivity contribution >= 4 is 45.9 Å². The molecule has 1 fully saturated rings. The van der Waals surface area contributed by atoms with Crippen LogP contribution in [-0.4, -0.2) is 76.2 Å². The second-order valence-corrected chi connectivity index (χ2v) is 10.6. The lowest BCUT2D eigenvalue weighted by Crippen LogP contribution is -2.34. The number of rotatable bonds is 8. The Morgan fingerprint density at radius 2 is 1.97 bits per heavy atom. The molecular formula is C25H34N6O4S2. The Hall–Kier alpha value is -3.09. The molecule has 0 bridgehead atoms. The fourth-order valence-corrected chi connectivity index (χ4v) is 5.91. The van der Waals surface area contributed by atoms with Gasteiger partial charge in [-0.1, -0.05) is 13.8 Å². The summed E-state index contributed by atoms with van der Waals surface area (Å²) in [4.78, 5) is 52.6. The molecule has 1 aliphatic rings. The van der Waals surface area contributed by atoms with Crippen LogP contribution in [-0.2, 0) is 16.1 Å². The SMILES string of the molecule is CC.Cc1c(Cc2sc(N(C=O)C(C)C)c(C(=O)N(C)C)c2C(=O)N2CCCO2)cnn1-c1nccs1. The number of amides is 3. The van der Waals surface area contributed by atoms with Crippen molar-refractivity contribution in [2.45, 2.75) is 53.5 Å². The Morgan fingerprint density at radius 1 is 1.24 bits per heavy atom. The van der Waals surface area contributed by atoms with Gasteiger partial charge < -0.3 is 9.80 Å². The first kappa shape index (κ1) is 28.5. The molecule has 3 aromatic rings. The predicted octanol–water partition coefficient (Wildman–Crippen LogP) is 4.17. The fourth-order valence-electron chi connectivity index (χ4n) is 3.86. The van der Waals surface area contributed by atoms with Crippen LogP contribution in [0.25, 0.3) is 5.13 Å². The third kappa shape index (κ3) is 5.76. The molecule has 3 aromatic heterocycles. The number of carbonyl (C=O) groups is 3. The number of aromatic nitrogens is 3. The zero-order valence-electron chi connectivity index (χ0n) is 22.3. The zero-order chi connectivity index (χ0) is 27.3. The molecule has 4 heterocycles. The van der Waals surface area contributed by atoms with Crippen LogP contribution in [0.2, 0.25) is 0 Å². The lowest BCUT2D eigenvalue weighted by Gasteiger charge is -2.23. The second-order valence-electron chi connectivity index (χ2n) is 8.64. The van der Waals surface area contributed by atoms with Crippen molar-refractivity contribution in [1.82, 2.24) is 24.7 Å². The molecule has 0 radical (unpaired) electrons. The van der Waals surface area contributed by atoms with Crippen molar-refractivity contribution in [2.24, 2.45) is 0 Å². The second kappa shape index (κ2) is 12.4. The van der Waals surface area contributed by atoms with Crippen LogP contribution in [0, 0.1) is 6.92 Å². The third-order valence-corrected chi connectivity index (χ3v) is 7.69. The minimum absolute atomic E-state index is 0.201. The third-order valence-electron chi connectivity index (χ3n) is 5.74. The molecule has 3 amide bonds. The van der Waals surface area contributed by atoms with Gasteiger partial charge in [-0.05, 0) is 32.8 Å². The van der Waals surface area contributed by atoms with Crippen molar-refractivity contribution in [3.05, 3.63) is 45.0 Å². The van der Waals surface area contributed by atoms with E-state index in [1.165, 1.54) is 37.5 Å². The maximum atomic E-state index is 13.7. The van der Waals surface area contributed by atoms with Gasteiger partial charge >= 0.3 is 0 Å². The Labute approximate surface area is 225 Å². The van der Waals surface area contributed by atoms with Gasteiger partial charge in [0.2, 0.25) is 11.5 Å². The van der Waals surface area contributed by atoms with Gasteiger partial charge in [0.1, 0.15) is 5.00 Å². The van der Waals surface area contributed by atoms with E-state index < -0.39 is 0 Å². The van der Waals surface area contributed by atoms with E-state index in [1.54, 1.807) is 31.2 Å². The van der Waals surface area contributed by atoms with Gasteiger partial charge in [-0.2, -0.15) is 5.10 Å². The number of thiophene rings is 1. The van der Waals surface area contributed by atoms with Gasteiger partial charge in [0.25, 0.3) is 11.8 Å². The van der Waals surface area contributed by atoms with Crippen LogP contribution in [0.5, 0.6) is 0 Å². The molecule has 200 valence electrons. The normalized spacial score (nSPS) is 12.9. The molecule has 0 unspecified atom stereocenters. The maximum Gasteiger partial charge on any atom is 0.279 e. The predicted molar refractivity (Wildman–Crippen MR) is 146 cm³/mol. The summed E-state index contributed by atoms with van der Waals surface area (Å²) in [5.74, 6) is -0.711. The van der Waals surface area contributed by atoms with E-state index in [9.17, 15) is 14.4 Å². The van der Waals surface area contributed by atoms with Gasteiger partial charge in [0.05, 0.1) is 30.5 Å². The summed E-state index contributed by atoms with van der Waals surface area (Å²) in [5.41, 5.74) is 2.29. The van der Waals surface area contributed by atoms with Gasteiger partial charge in [-0.25, -0.2) is 14.7 Å². The summed E-state index contributed by atoms with van der Waals surface area (Å²) in [7, 11) is 3.26. The van der Waals surface area contributed by atoms with E-state index in [0.29, 0.717) is 35.9 Å². The van der Waals surface area contributed by atoms with Crippen molar-refractivity contribution in [3.8, 4) is 5.13 Å². The van der Waals surface area contributed by atoms with E-state index in [2.05, 4.69) is 10.1 Å². The Kier molecular flexibility index (Phi) is 9.57. The molecule has 0 spiro atoms. The van der Waals surface area contributed by atoms with Crippen LogP contribution in [0.3, 0.4) is 0 Å². The van der Waals surface area contributed by atoms with Crippen LogP contribution in [0.4, 0.5) is 5.00 Å². The van der Waals surface area contributed by atoms with Gasteiger partial charge in [-0.15, -0.1) is 22.7 Å². The molecule has 1 saturated heterocycles. The highest BCUT2D eigenvalue weighted by atomic mass is 32.1. The van der Waals surface area contributed by atoms with Gasteiger partial charge in [0, 0.05) is 48.7 Å².